The van der Waals surface area contributed by atoms with E-state index in [2.05, 4.69) is 24.3 Å². The van der Waals surface area contributed by atoms with Crippen LogP contribution in [0.4, 0.5) is 5.69 Å². The number of anilines is 1. The van der Waals surface area contributed by atoms with Gasteiger partial charge >= 0.3 is 0 Å². The van der Waals surface area contributed by atoms with Crippen LogP contribution in [-0.4, -0.2) is 14.8 Å². The lowest BCUT2D eigenvalue weighted by molar-refractivity contribution is 0.634. The van der Waals surface area contributed by atoms with Gasteiger partial charge in [0.2, 0.25) is 0 Å². The third kappa shape index (κ3) is 2.34. The third-order valence-electron chi connectivity index (χ3n) is 3.63. The van der Waals surface area contributed by atoms with Crippen LogP contribution in [0.2, 0.25) is 0 Å². The Morgan fingerprint density at radius 1 is 1.24 bits per heavy atom. The maximum absolute atomic E-state index is 6.04. The quantitative estimate of drug-likeness (QED) is 0.746. The van der Waals surface area contributed by atoms with Gasteiger partial charge in [-0.2, -0.15) is 5.10 Å². The highest BCUT2D eigenvalue weighted by molar-refractivity contribution is 7.13. The molecule has 0 atom stereocenters. The lowest BCUT2D eigenvalue weighted by atomic mass is 10.1. The average molecular weight is 298 g/mol. The molecule has 2 aromatic heterocycles. The predicted octanol–water partition coefficient (Wildman–Crippen LogP) is 3.89. The summed E-state index contributed by atoms with van der Waals surface area (Å²) in [5.74, 6) is 0. The molecule has 4 nitrogen and oxygen atoms in total. The third-order valence-corrected chi connectivity index (χ3v) is 4.51. The summed E-state index contributed by atoms with van der Waals surface area (Å²) < 4.78 is 2.01. The second kappa shape index (κ2) is 5.33. The number of rotatable bonds is 3. The van der Waals surface area contributed by atoms with Gasteiger partial charge in [0.05, 0.1) is 11.4 Å². The van der Waals surface area contributed by atoms with E-state index >= 15 is 0 Å². The number of aromatic nitrogens is 3. The smallest absolute Gasteiger partial charge is 0.126 e. The molecule has 0 radical (unpaired) electrons. The minimum atomic E-state index is 0.760. The first-order chi connectivity index (χ1) is 10.1. The fourth-order valence-electron chi connectivity index (χ4n) is 2.58. The Labute approximate surface area is 128 Å². The summed E-state index contributed by atoms with van der Waals surface area (Å²) >= 11 is 1.62. The minimum Gasteiger partial charge on any atom is -0.398 e. The van der Waals surface area contributed by atoms with Crippen molar-refractivity contribution < 1.29 is 0 Å². The van der Waals surface area contributed by atoms with Crippen LogP contribution in [0.3, 0.4) is 0 Å². The molecular formula is C16H18N4S. The van der Waals surface area contributed by atoms with Gasteiger partial charge in [-0.1, -0.05) is 12.1 Å². The summed E-state index contributed by atoms with van der Waals surface area (Å²) in [6.45, 7) is 7.09. The van der Waals surface area contributed by atoms with Crippen molar-refractivity contribution in [3.05, 3.63) is 41.0 Å². The van der Waals surface area contributed by atoms with Gasteiger partial charge in [-0.15, -0.1) is 11.3 Å². The molecule has 2 N–H and O–H groups in total. The number of nitrogens with zero attached hydrogens (tertiary/aromatic N) is 3. The second-order valence-corrected chi connectivity index (χ2v) is 5.84. The summed E-state index contributed by atoms with van der Waals surface area (Å²) in [4.78, 5) is 4.77. The van der Waals surface area contributed by atoms with Gasteiger partial charge in [0.1, 0.15) is 5.01 Å². The van der Waals surface area contributed by atoms with E-state index < -0.39 is 0 Å². The van der Waals surface area contributed by atoms with Gasteiger partial charge in [0, 0.05) is 34.4 Å². The van der Waals surface area contributed by atoms with Crippen molar-refractivity contribution in [3.63, 3.8) is 0 Å². The van der Waals surface area contributed by atoms with Crippen molar-refractivity contribution in [2.45, 2.75) is 27.3 Å². The summed E-state index contributed by atoms with van der Waals surface area (Å²) in [5.41, 5.74) is 12.1. The van der Waals surface area contributed by atoms with Gasteiger partial charge in [-0.05, 0) is 32.9 Å². The number of nitrogens with two attached hydrogens (primary N) is 1. The Kier molecular flexibility index (Phi) is 3.51. The molecule has 2 heterocycles. The second-order valence-electron chi connectivity index (χ2n) is 4.99. The molecule has 0 fully saturated rings. The molecule has 0 saturated heterocycles. The number of aryl methyl sites for hydroxylation is 2. The normalized spacial score (nSPS) is 11.0. The molecule has 3 aromatic rings. The van der Waals surface area contributed by atoms with E-state index in [1.165, 1.54) is 0 Å². The number of thiazole rings is 1. The van der Waals surface area contributed by atoms with Crippen LogP contribution in [0.5, 0.6) is 0 Å². The molecule has 0 unspecified atom stereocenters. The fourth-order valence-corrected chi connectivity index (χ4v) is 3.44. The molecule has 0 spiro atoms. The predicted molar refractivity (Wildman–Crippen MR) is 88.3 cm³/mol. The summed E-state index contributed by atoms with van der Waals surface area (Å²) in [6.07, 6.45) is 0. The zero-order valence-corrected chi connectivity index (χ0v) is 13.2. The molecule has 108 valence electrons. The summed E-state index contributed by atoms with van der Waals surface area (Å²) in [7, 11) is 0. The standard InChI is InChI=1S/C16H18N4S/c1-4-20-11(3)15(10(2)19-20)14-9-21-16(18-14)12-7-5-6-8-13(12)17/h5-9H,4,17H2,1-3H3. The van der Waals surface area contributed by atoms with Crippen LogP contribution in [0.15, 0.2) is 29.6 Å². The fraction of sp³-hybridized carbons (Fsp3) is 0.250. The molecule has 0 saturated carbocycles. The van der Waals surface area contributed by atoms with Crippen LogP contribution >= 0.6 is 11.3 Å². The molecule has 0 aliphatic heterocycles. The first-order valence-electron chi connectivity index (χ1n) is 6.96. The zero-order valence-electron chi connectivity index (χ0n) is 12.4. The zero-order chi connectivity index (χ0) is 15.0. The van der Waals surface area contributed by atoms with Crippen molar-refractivity contribution in [1.82, 2.24) is 14.8 Å². The monoisotopic (exact) mass is 298 g/mol. The van der Waals surface area contributed by atoms with Crippen molar-refractivity contribution in [2.24, 2.45) is 0 Å². The van der Waals surface area contributed by atoms with Gasteiger partial charge in [0.15, 0.2) is 0 Å². The maximum Gasteiger partial charge on any atom is 0.126 e. The lowest BCUT2D eigenvalue weighted by Crippen LogP contribution is -1.98. The maximum atomic E-state index is 6.04. The molecule has 21 heavy (non-hydrogen) atoms. The van der Waals surface area contributed by atoms with E-state index in [0.29, 0.717) is 0 Å². The Morgan fingerprint density at radius 2 is 2.00 bits per heavy atom. The van der Waals surface area contributed by atoms with E-state index in [0.717, 1.165) is 45.4 Å². The van der Waals surface area contributed by atoms with Crippen LogP contribution in [-0.2, 0) is 6.54 Å². The molecule has 0 aliphatic carbocycles. The van der Waals surface area contributed by atoms with E-state index in [1.54, 1.807) is 11.3 Å². The minimum absolute atomic E-state index is 0.760. The Bertz CT molecular complexity index is 785. The summed E-state index contributed by atoms with van der Waals surface area (Å²) in [6, 6.07) is 7.83. The molecule has 0 bridgehead atoms. The van der Waals surface area contributed by atoms with Crippen LogP contribution in [0.1, 0.15) is 18.3 Å². The molecule has 3 rings (SSSR count). The highest BCUT2D eigenvalue weighted by atomic mass is 32.1. The Hall–Kier alpha value is -2.14. The summed E-state index contributed by atoms with van der Waals surface area (Å²) in [5, 5.41) is 7.59. The Balaban J connectivity index is 2.07. The molecule has 0 aliphatic rings. The lowest BCUT2D eigenvalue weighted by Gasteiger charge is -2.01. The van der Waals surface area contributed by atoms with Crippen LogP contribution < -0.4 is 5.73 Å². The van der Waals surface area contributed by atoms with Crippen molar-refractivity contribution in [2.75, 3.05) is 5.73 Å². The van der Waals surface area contributed by atoms with Crippen molar-refractivity contribution in [1.29, 1.82) is 0 Å². The van der Waals surface area contributed by atoms with E-state index in [-0.39, 0.29) is 0 Å². The Morgan fingerprint density at radius 3 is 2.67 bits per heavy atom. The van der Waals surface area contributed by atoms with Gasteiger partial charge in [0.25, 0.3) is 0 Å². The first kappa shape index (κ1) is 13.8. The van der Waals surface area contributed by atoms with E-state index in [4.69, 9.17) is 10.7 Å². The van der Waals surface area contributed by atoms with Crippen molar-refractivity contribution >= 4 is 17.0 Å². The highest BCUT2D eigenvalue weighted by Crippen LogP contribution is 2.34. The van der Waals surface area contributed by atoms with E-state index in [1.807, 2.05) is 35.9 Å². The first-order valence-corrected chi connectivity index (χ1v) is 7.84. The number of hydrogen-bond donors (Lipinski definition) is 1. The molecule has 1 aromatic carbocycles. The van der Waals surface area contributed by atoms with Gasteiger partial charge < -0.3 is 5.73 Å². The molecular weight excluding hydrogens is 280 g/mol. The topological polar surface area (TPSA) is 56.7 Å². The SMILES string of the molecule is CCn1nc(C)c(-c2csc(-c3ccccc3N)n2)c1C. The average Bonchev–Trinajstić information content (AvgIpc) is 3.04. The molecule has 0 amide bonds. The highest BCUT2D eigenvalue weighted by Gasteiger charge is 2.16. The van der Waals surface area contributed by atoms with Gasteiger partial charge in [-0.3, -0.25) is 4.68 Å². The van der Waals surface area contributed by atoms with Gasteiger partial charge in [-0.25, -0.2) is 4.98 Å². The van der Waals surface area contributed by atoms with Crippen molar-refractivity contribution in [3.8, 4) is 21.8 Å². The van der Waals surface area contributed by atoms with E-state index in [9.17, 15) is 0 Å². The number of para-hydroxylation sites is 1. The number of nitrogen functional groups attached to an aromatic ring is 1. The van der Waals surface area contributed by atoms with Crippen LogP contribution in [0, 0.1) is 13.8 Å². The largest absolute Gasteiger partial charge is 0.398 e. The molecule has 5 heteroatoms. The number of hydrogen-bond acceptors (Lipinski definition) is 4. The number of benzene rings is 1. The van der Waals surface area contributed by atoms with Crippen LogP contribution in [0.25, 0.3) is 21.8 Å².